The van der Waals surface area contributed by atoms with Gasteiger partial charge in [-0.25, -0.2) is 4.39 Å². The van der Waals surface area contributed by atoms with E-state index in [9.17, 15) is 4.39 Å². The van der Waals surface area contributed by atoms with Crippen LogP contribution in [0.15, 0.2) is 53.7 Å². The fourth-order valence-electron chi connectivity index (χ4n) is 2.36. The molecule has 3 rings (SSSR count). The van der Waals surface area contributed by atoms with Crippen molar-refractivity contribution in [2.45, 2.75) is 13.0 Å². The summed E-state index contributed by atoms with van der Waals surface area (Å²) in [6.45, 7) is 1.26. The molecule has 0 bridgehead atoms. The highest BCUT2D eigenvalue weighted by Gasteiger charge is 2.05. The topological polar surface area (TPSA) is 66.6 Å². The van der Waals surface area contributed by atoms with Crippen LogP contribution in [0.5, 0.6) is 0 Å². The number of aliphatic imine (C=N–C) groups is 1. The lowest BCUT2D eigenvalue weighted by atomic mass is 10.2. The van der Waals surface area contributed by atoms with Crippen molar-refractivity contribution in [2.75, 3.05) is 13.6 Å². The molecule has 6 nitrogen and oxygen atoms in total. The van der Waals surface area contributed by atoms with Crippen molar-refractivity contribution < 1.29 is 4.39 Å². The second kappa shape index (κ2) is 9.30. The maximum atomic E-state index is 12.9. The fourth-order valence-corrected chi connectivity index (χ4v) is 2.36. The Morgan fingerprint density at radius 3 is 2.68 bits per heavy atom. The molecule has 0 fully saturated rings. The first-order valence-electron chi connectivity index (χ1n) is 7.74. The first kappa shape index (κ1) is 19.1. The van der Waals surface area contributed by atoms with E-state index in [1.807, 2.05) is 28.8 Å². The van der Waals surface area contributed by atoms with Gasteiger partial charge in [0.25, 0.3) is 0 Å². The van der Waals surface area contributed by atoms with Gasteiger partial charge >= 0.3 is 0 Å². The van der Waals surface area contributed by atoms with Crippen LogP contribution in [-0.4, -0.2) is 34.2 Å². The number of guanidine groups is 1. The average Bonchev–Trinajstić information content (AvgIpc) is 3.02. The molecule has 0 aliphatic rings. The average molecular weight is 454 g/mol. The summed E-state index contributed by atoms with van der Waals surface area (Å²) in [6.07, 6.45) is 2.68. The van der Waals surface area contributed by atoms with Crippen LogP contribution in [0.2, 0.25) is 0 Å². The van der Waals surface area contributed by atoms with Crippen LogP contribution < -0.4 is 10.6 Å². The number of pyridine rings is 1. The van der Waals surface area contributed by atoms with E-state index in [-0.39, 0.29) is 29.8 Å². The standard InChI is InChI=1S/C17H19FN6.HI/c1-19-17(21-12-13-5-7-14(18)8-6-13)20-10-9-16-23-22-15-4-2-3-11-24(15)16;/h2-8,11H,9-10,12H2,1H3,(H2,19,20,21);1H. The predicted octanol–water partition coefficient (Wildman–Crippen LogP) is 2.39. The molecular formula is C17H20FIN6. The molecule has 0 radical (unpaired) electrons. The Bertz CT molecular complexity index is 831. The first-order chi connectivity index (χ1) is 11.8. The van der Waals surface area contributed by atoms with E-state index >= 15 is 0 Å². The number of nitrogens with zero attached hydrogens (tertiary/aromatic N) is 4. The van der Waals surface area contributed by atoms with Gasteiger partial charge in [0.05, 0.1) is 0 Å². The van der Waals surface area contributed by atoms with Crippen molar-refractivity contribution in [1.29, 1.82) is 0 Å². The Labute approximate surface area is 162 Å². The van der Waals surface area contributed by atoms with E-state index in [1.54, 1.807) is 19.2 Å². The number of halogens is 2. The predicted molar refractivity (Wildman–Crippen MR) is 107 cm³/mol. The van der Waals surface area contributed by atoms with Gasteiger partial charge in [-0.3, -0.25) is 9.39 Å². The third-order valence-electron chi connectivity index (χ3n) is 3.62. The number of fused-ring (bicyclic) bond motifs is 1. The Kier molecular flexibility index (Phi) is 7.11. The van der Waals surface area contributed by atoms with Crippen LogP contribution in [0.4, 0.5) is 4.39 Å². The lowest BCUT2D eigenvalue weighted by molar-refractivity contribution is 0.626. The van der Waals surface area contributed by atoms with Gasteiger partial charge in [0.15, 0.2) is 11.6 Å². The summed E-state index contributed by atoms with van der Waals surface area (Å²) in [4.78, 5) is 4.18. The number of aromatic nitrogens is 3. The van der Waals surface area contributed by atoms with Crippen LogP contribution in [0.1, 0.15) is 11.4 Å². The second-order valence-electron chi connectivity index (χ2n) is 5.27. The molecule has 0 amide bonds. The summed E-state index contributed by atoms with van der Waals surface area (Å²) in [5, 5.41) is 14.8. The van der Waals surface area contributed by atoms with Gasteiger partial charge in [-0.1, -0.05) is 18.2 Å². The Hall–Kier alpha value is -2.23. The normalized spacial score (nSPS) is 11.2. The minimum Gasteiger partial charge on any atom is -0.356 e. The third-order valence-corrected chi connectivity index (χ3v) is 3.62. The molecule has 0 spiro atoms. The number of hydrogen-bond acceptors (Lipinski definition) is 3. The molecule has 25 heavy (non-hydrogen) atoms. The van der Waals surface area contributed by atoms with Crippen molar-refractivity contribution in [3.63, 3.8) is 0 Å². The molecule has 3 aromatic rings. The van der Waals surface area contributed by atoms with Gasteiger partial charge < -0.3 is 10.6 Å². The van der Waals surface area contributed by atoms with Gasteiger partial charge in [-0.05, 0) is 29.8 Å². The summed E-state index contributed by atoms with van der Waals surface area (Å²) < 4.78 is 14.9. The maximum absolute atomic E-state index is 12.9. The van der Waals surface area contributed by atoms with Crippen LogP contribution in [-0.2, 0) is 13.0 Å². The van der Waals surface area contributed by atoms with E-state index in [0.29, 0.717) is 19.0 Å². The Morgan fingerprint density at radius 2 is 1.92 bits per heavy atom. The Balaban J connectivity index is 0.00000225. The van der Waals surface area contributed by atoms with Gasteiger partial charge in [-0.15, -0.1) is 34.2 Å². The molecule has 0 aliphatic heterocycles. The quantitative estimate of drug-likeness (QED) is 0.353. The molecule has 0 aliphatic carbocycles. The number of hydrogen-bond donors (Lipinski definition) is 2. The first-order valence-corrected chi connectivity index (χ1v) is 7.74. The molecule has 2 aromatic heterocycles. The molecule has 0 unspecified atom stereocenters. The number of benzene rings is 1. The van der Waals surface area contributed by atoms with Crippen LogP contribution >= 0.6 is 24.0 Å². The smallest absolute Gasteiger partial charge is 0.191 e. The molecular weight excluding hydrogens is 434 g/mol. The van der Waals surface area contributed by atoms with E-state index < -0.39 is 0 Å². The van der Waals surface area contributed by atoms with E-state index in [4.69, 9.17) is 0 Å². The van der Waals surface area contributed by atoms with E-state index in [2.05, 4.69) is 25.8 Å². The van der Waals surface area contributed by atoms with Gasteiger partial charge in [0.1, 0.15) is 11.6 Å². The summed E-state index contributed by atoms with van der Waals surface area (Å²) in [5.41, 5.74) is 1.83. The highest BCUT2D eigenvalue weighted by atomic mass is 127. The Morgan fingerprint density at radius 1 is 1.12 bits per heavy atom. The second-order valence-corrected chi connectivity index (χ2v) is 5.27. The van der Waals surface area contributed by atoms with Crippen LogP contribution in [0.3, 0.4) is 0 Å². The van der Waals surface area contributed by atoms with Crippen molar-refractivity contribution in [1.82, 2.24) is 25.2 Å². The highest BCUT2D eigenvalue weighted by molar-refractivity contribution is 14.0. The fraction of sp³-hybridized carbons (Fsp3) is 0.235. The zero-order valence-electron chi connectivity index (χ0n) is 13.8. The summed E-state index contributed by atoms with van der Waals surface area (Å²) >= 11 is 0. The van der Waals surface area contributed by atoms with Gasteiger partial charge in [-0.2, -0.15) is 0 Å². The minimum absolute atomic E-state index is 0. The molecule has 0 saturated carbocycles. The van der Waals surface area contributed by atoms with Crippen molar-refractivity contribution in [2.24, 2.45) is 4.99 Å². The maximum Gasteiger partial charge on any atom is 0.191 e. The molecule has 132 valence electrons. The zero-order valence-corrected chi connectivity index (χ0v) is 16.1. The highest BCUT2D eigenvalue weighted by Crippen LogP contribution is 2.03. The third kappa shape index (κ3) is 5.12. The molecule has 2 N–H and O–H groups in total. The van der Waals surface area contributed by atoms with Crippen LogP contribution in [0.25, 0.3) is 5.65 Å². The molecule has 2 heterocycles. The molecule has 0 saturated heterocycles. The summed E-state index contributed by atoms with van der Waals surface area (Å²) in [7, 11) is 1.71. The lowest BCUT2D eigenvalue weighted by Gasteiger charge is -2.11. The van der Waals surface area contributed by atoms with Gasteiger partial charge in [0.2, 0.25) is 0 Å². The molecule has 1 aromatic carbocycles. The monoisotopic (exact) mass is 454 g/mol. The number of nitrogens with one attached hydrogen (secondary N) is 2. The summed E-state index contributed by atoms with van der Waals surface area (Å²) in [6, 6.07) is 12.2. The van der Waals surface area contributed by atoms with Crippen molar-refractivity contribution in [3.8, 4) is 0 Å². The minimum atomic E-state index is -0.234. The van der Waals surface area contributed by atoms with E-state index in [1.165, 1.54) is 12.1 Å². The SMILES string of the molecule is CN=C(NCCc1nnc2ccccn12)NCc1ccc(F)cc1.I. The van der Waals surface area contributed by atoms with Crippen molar-refractivity contribution in [3.05, 3.63) is 65.9 Å². The lowest BCUT2D eigenvalue weighted by Crippen LogP contribution is -2.38. The van der Waals surface area contributed by atoms with Gasteiger partial charge in [0, 0.05) is 32.8 Å². The summed E-state index contributed by atoms with van der Waals surface area (Å²) in [5.74, 6) is 1.35. The molecule has 8 heteroatoms. The largest absolute Gasteiger partial charge is 0.356 e. The number of rotatable bonds is 5. The molecule has 0 atom stereocenters. The van der Waals surface area contributed by atoms with Crippen molar-refractivity contribution >= 4 is 35.6 Å². The van der Waals surface area contributed by atoms with Crippen LogP contribution in [0, 0.1) is 5.82 Å². The zero-order chi connectivity index (χ0) is 16.8. The van der Waals surface area contributed by atoms with E-state index in [0.717, 1.165) is 23.5 Å².